The number of carbonyl (C=O) groups is 2. The fourth-order valence-corrected chi connectivity index (χ4v) is 4.11. The van der Waals surface area contributed by atoms with Gasteiger partial charge in [-0.1, -0.05) is 34.4 Å². The zero-order chi connectivity index (χ0) is 21.6. The molecule has 29 heavy (non-hydrogen) atoms. The van der Waals surface area contributed by atoms with Crippen LogP contribution in [0.4, 0.5) is 0 Å². The van der Waals surface area contributed by atoms with Crippen LogP contribution in [0.15, 0.2) is 46.1 Å². The molecule has 0 radical (unpaired) electrons. The molecule has 0 saturated heterocycles. The number of hydrogen-bond acceptors (Lipinski definition) is 4. The molecule has 0 amide bonds. The first-order valence-electron chi connectivity index (χ1n) is 10.7. The van der Waals surface area contributed by atoms with Crippen molar-refractivity contribution >= 4 is 11.8 Å². The first-order valence-corrected chi connectivity index (χ1v) is 10.7. The van der Waals surface area contributed by atoms with Crippen LogP contribution in [0.25, 0.3) is 0 Å². The van der Waals surface area contributed by atoms with Crippen molar-refractivity contribution in [3.63, 3.8) is 0 Å². The largest absolute Gasteiger partial charge is 0.458 e. The molecule has 0 bridgehead atoms. The van der Waals surface area contributed by atoms with Gasteiger partial charge in [-0.3, -0.25) is 4.79 Å². The number of ether oxygens (including phenoxy) is 1. The average Bonchev–Trinajstić information content (AvgIpc) is 3.09. The highest BCUT2D eigenvalue weighted by molar-refractivity contribution is 5.88. The van der Waals surface area contributed by atoms with Gasteiger partial charge in [0.25, 0.3) is 0 Å². The van der Waals surface area contributed by atoms with Crippen LogP contribution in [0.5, 0.6) is 0 Å². The van der Waals surface area contributed by atoms with Crippen molar-refractivity contribution in [3.8, 4) is 0 Å². The van der Waals surface area contributed by atoms with Crippen molar-refractivity contribution in [1.29, 1.82) is 0 Å². The van der Waals surface area contributed by atoms with Gasteiger partial charge in [-0.25, -0.2) is 4.79 Å². The minimum atomic E-state index is -0.647. The van der Waals surface area contributed by atoms with Gasteiger partial charge in [0.2, 0.25) is 0 Å². The van der Waals surface area contributed by atoms with E-state index in [0.29, 0.717) is 24.2 Å². The number of allylic oxidation sites excluding steroid dienone is 5. The van der Waals surface area contributed by atoms with Crippen molar-refractivity contribution in [2.75, 3.05) is 6.61 Å². The van der Waals surface area contributed by atoms with Gasteiger partial charge in [0.1, 0.15) is 12.4 Å². The highest BCUT2D eigenvalue weighted by Crippen LogP contribution is 2.40. The zero-order valence-corrected chi connectivity index (χ0v) is 18.6. The molecule has 1 N–H and O–H groups in total. The number of cyclic esters (lactones) is 1. The maximum atomic E-state index is 12.3. The Morgan fingerprint density at radius 3 is 2.52 bits per heavy atom. The summed E-state index contributed by atoms with van der Waals surface area (Å²) in [6.07, 6.45) is 11.0. The smallest absolute Gasteiger partial charge is 0.331 e. The third-order valence-corrected chi connectivity index (χ3v) is 6.30. The van der Waals surface area contributed by atoms with E-state index in [9.17, 15) is 14.7 Å². The molecule has 1 heterocycles. The van der Waals surface area contributed by atoms with Crippen molar-refractivity contribution < 1.29 is 19.4 Å². The SMILES string of the molecule is CC(=CC[C@@H](O)C1=CC(=O)OC1)CC/C=C(\C)CCC1=C(C)CCC(=O)C1(C)C. The van der Waals surface area contributed by atoms with E-state index in [1.807, 2.05) is 6.08 Å². The predicted molar refractivity (Wildman–Crippen MR) is 116 cm³/mol. The standard InChI is InChI=1S/C25H36O4/c1-17(9-12-21-19(3)11-14-23(27)25(21,4)5)7-6-8-18(2)10-13-22(26)20-15-24(28)29-16-20/h7,10,15,22,26H,6,8-9,11-14,16H2,1-5H3/b17-7+,18-10?/t22-/m1/s1. The number of rotatable bonds is 9. The van der Waals surface area contributed by atoms with Crippen LogP contribution in [0.2, 0.25) is 0 Å². The molecule has 0 saturated carbocycles. The van der Waals surface area contributed by atoms with Gasteiger partial charge in [0, 0.05) is 23.5 Å². The van der Waals surface area contributed by atoms with Crippen molar-refractivity contribution in [3.05, 3.63) is 46.1 Å². The normalized spacial score (nSPS) is 21.4. The van der Waals surface area contributed by atoms with Gasteiger partial charge in [-0.15, -0.1) is 0 Å². The molecule has 0 aromatic carbocycles. The molecule has 1 aliphatic heterocycles. The lowest BCUT2D eigenvalue weighted by molar-refractivity contribution is -0.135. The molecule has 4 nitrogen and oxygen atoms in total. The van der Waals surface area contributed by atoms with E-state index in [2.05, 4.69) is 40.7 Å². The Hall–Kier alpha value is -1.94. The Morgan fingerprint density at radius 1 is 1.17 bits per heavy atom. The average molecular weight is 401 g/mol. The van der Waals surface area contributed by atoms with E-state index in [1.54, 1.807) is 0 Å². The van der Waals surface area contributed by atoms with Crippen molar-refractivity contribution in [2.24, 2.45) is 5.41 Å². The summed E-state index contributed by atoms with van der Waals surface area (Å²) in [5, 5.41) is 10.1. The topological polar surface area (TPSA) is 63.6 Å². The number of aliphatic hydroxyl groups is 1. The number of hydrogen-bond donors (Lipinski definition) is 1. The molecule has 1 aliphatic carbocycles. The second-order valence-electron chi connectivity index (χ2n) is 9.03. The van der Waals surface area contributed by atoms with Gasteiger partial charge in [0.05, 0.1) is 6.10 Å². The molecule has 1 atom stereocenters. The number of carbonyl (C=O) groups excluding carboxylic acids is 2. The summed E-state index contributed by atoms with van der Waals surface area (Å²) in [5.41, 5.74) is 5.66. The first-order chi connectivity index (χ1) is 13.6. The van der Waals surface area contributed by atoms with Crippen LogP contribution >= 0.6 is 0 Å². The highest BCUT2D eigenvalue weighted by Gasteiger charge is 2.35. The van der Waals surface area contributed by atoms with Gasteiger partial charge in [-0.05, 0) is 73.1 Å². The van der Waals surface area contributed by atoms with Crippen molar-refractivity contribution in [1.82, 2.24) is 0 Å². The Labute approximate surface area is 175 Å². The summed E-state index contributed by atoms with van der Waals surface area (Å²) in [6, 6.07) is 0. The van der Waals surface area contributed by atoms with E-state index in [0.717, 1.165) is 32.1 Å². The molecular weight excluding hydrogens is 364 g/mol. The second kappa shape index (κ2) is 10.2. The Balaban J connectivity index is 1.78. The quantitative estimate of drug-likeness (QED) is 0.417. The lowest BCUT2D eigenvalue weighted by Gasteiger charge is -2.33. The van der Waals surface area contributed by atoms with Gasteiger partial charge in [0.15, 0.2) is 0 Å². The molecule has 2 aliphatic rings. The molecule has 0 aromatic heterocycles. The Bertz CT molecular complexity index is 762. The van der Waals surface area contributed by atoms with Crippen LogP contribution in [-0.2, 0) is 14.3 Å². The molecule has 0 fully saturated rings. The highest BCUT2D eigenvalue weighted by atomic mass is 16.5. The van der Waals surface area contributed by atoms with E-state index >= 15 is 0 Å². The van der Waals surface area contributed by atoms with Crippen LogP contribution in [0, 0.1) is 5.41 Å². The molecule has 2 rings (SSSR count). The fraction of sp³-hybridized carbons (Fsp3) is 0.600. The van der Waals surface area contributed by atoms with Gasteiger partial charge in [-0.2, -0.15) is 0 Å². The minimum Gasteiger partial charge on any atom is -0.458 e. The summed E-state index contributed by atoms with van der Waals surface area (Å²) in [7, 11) is 0. The summed E-state index contributed by atoms with van der Waals surface area (Å²) in [5.74, 6) is -0.000667. The maximum absolute atomic E-state index is 12.3. The summed E-state index contributed by atoms with van der Waals surface area (Å²) >= 11 is 0. The van der Waals surface area contributed by atoms with Crippen LogP contribution < -0.4 is 0 Å². The van der Waals surface area contributed by atoms with Gasteiger partial charge >= 0.3 is 5.97 Å². The number of esters is 1. The molecule has 0 aromatic rings. The Kier molecular flexibility index (Phi) is 8.21. The monoisotopic (exact) mass is 400 g/mol. The maximum Gasteiger partial charge on any atom is 0.331 e. The van der Waals surface area contributed by atoms with Crippen LogP contribution in [0.1, 0.15) is 79.6 Å². The fourth-order valence-electron chi connectivity index (χ4n) is 4.11. The number of aliphatic hydroxyl groups excluding tert-OH is 1. The summed E-state index contributed by atoms with van der Waals surface area (Å²) in [6.45, 7) is 10.8. The molecule has 0 unspecified atom stereocenters. The third kappa shape index (κ3) is 6.53. The molecule has 160 valence electrons. The van der Waals surface area contributed by atoms with E-state index in [-0.39, 0.29) is 18.0 Å². The van der Waals surface area contributed by atoms with E-state index in [4.69, 9.17) is 4.74 Å². The first kappa shape index (κ1) is 23.3. The number of ketones is 1. The van der Waals surface area contributed by atoms with Crippen LogP contribution in [-0.4, -0.2) is 29.6 Å². The summed E-state index contributed by atoms with van der Waals surface area (Å²) < 4.78 is 4.83. The zero-order valence-electron chi connectivity index (χ0n) is 18.6. The van der Waals surface area contributed by atoms with E-state index in [1.165, 1.54) is 28.4 Å². The molecule has 0 spiro atoms. The van der Waals surface area contributed by atoms with Crippen LogP contribution in [0.3, 0.4) is 0 Å². The minimum absolute atomic E-state index is 0.202. The summed E-state index contributed by atoms with van der Waals surface area (Å²) in [4.78, 5) is 23.3. The van der Waals surface area contributed by atoms with Crippen molar-refractivity contribution in [2.45, 2.75) is 85.7 Å². The predicted octanol–water partition coefficient (Wildman–Crippen LogP) is 5.38. The van der Waals surface area contributed by atoms with Gasteiger partial charge < -0.3 is 9.84 Å². The molecular formula is C25H36O4. The molecule has 4 heteroatoms. The third-order valence-electron chi connectivity index (χ3n) is 6.30. The Morgan fingerprint density at radius 2 is 1.86 bits per heavy atom. The second-order valence-corrected chi connectivity index (χ2v) is 9.03. The van der Waals surface area contributed by atoms with E-state index < -0.39 is 6.10 Å². The lowest BCUT2D eigenvalue weighted by Crippen LogP contribution is -2.30. The lowest BCUT2D eigenvalue weighted by atomic mass is 9.70. The number of Topliss-reactive ketones (excluding diaryl/α,β-unsaturated/α-hetero) is 1.